The van der Waals surface area contributed by atoms with Crippen LogP contribution in [-0.4, -0.2) is 46.7 Å². The minimum atomic E-state index is -1.32. The molecule has 0 radical (unpaired) electrons. The van der Waals surface area contributed by atoms with Crippen LogP contribution < -0.4 is 0 Å². The van der Waals surface area contributed by atoms with Crippen LogP contribution in [0.25, 0.3) is 0 Å². The van der Waals surface area contributed by atoms with E-state index in [-0.39, 0.29) is 41.4 Å². The molecule has 7 heteroatoms. The predicted molar refractivity (Wildman–Crippen MR) is 94.2 cm³/mol. The standard InChI is InChI=1S/C20H24O7/c1-9(2)6-15(22)25-13-8-20(5)14(21)7-12(27-20)10(3)17(23)18-16(13)11(4)19(24)26-18/h7,9,13,16-18,23H,3-4,6,8H2,1-2,5H3. The molecule has 27 heavy (non-hydrogen) atoms. The fourth-order valence-electron chi connectivity index (χ4n) is 3.72. The zero-order chi connectivity index (χ0) is 20.1. The summed E-state index contributed by atoms with van der Waals surface area (Å²) >= 11 is 0. The second kappa shape index (κ2) is 6.64. The van der Waals surface area contributed by atoms with Crippen LogP contribution in [0.15, 0.2) is 36.1 Å². The second-order valence-electron chi connectivity index (χ2n) is 7.93. The van der Waals surface area contributed by atoms with Crippen molar-refractivity contribution in [1.82, 2.24) is 0 Å². The predicted octanol–water partition coefficient (Wildman–Crippen LogP) is 1.60. The Morgan fingerprint density at radius 1 is 1.37 bits per heavy atom. The van der Waals surface area contributed by atoms with Gasteiger partial charge in [-0.3, -0.25) is 9.59 Å². The summed E-state index contributed by atoms with van der Waals surface area (Å²) in [5, 5.41) is 10.7. The molecule has 2 saturated heterocycles. The van der Waals surface area contributed by atoms with Crippen LogP contribution in [0, 0.1) is 11.8 Å². The topological polar surface area (TPSA) is 99.1 Å². The lowest BCUT2D eigenvalue weighted by Crippen LogP contribution is -2.45. The van der Waals surface area contributed by atoms with Gasteiger partial charge in [0.1, 0.15) is 24.1 Å². The third-order valence-corrected chi connectivity index (χ3v) is 5.21. The van der Waals surface area contributed by atoms with Crippen molar-refractivity contribution in [2.45, 2.75) is 57.5 Å². The molecule has 5 atom stereocenters. The van der Waals surface area contributed by atoms with Gasteiger partial charge in [-0.2, -0.15) is 0 Å². The molecule has 0 saturated carbocycles. The van der Waals surface area contributed by atoms with E-state index in [4.69, 9.17) is 14.2 Å². The molecule has 5 unspecified atom stereocenters. The van der Waals surface area contributed by atoms with Gasteiger partial charge in [0, 0.05) is 30.1 Å². The van der Waals surface area contributed by atoms with Gasteiger partial charge in [-0.1, -0.05) is 27.0 Å². The number of hydrogen-bond acceptors (Lipinski definition) is 7. The van der Waals surface area contributed by atoms with E-state index in [1.165, 1.54) is 6.08 Å². The zero-order valence-corrected chi connectivity index (χ0v) is 15.7. The monoisotopic (exact) mass is 376 g/mol. The molecule has 1 N–H and O–H groups in total. The van der Waals surface area contributed by atoms with E-state index < -0.39 is 41.8 Å². The van der Waals surface area contributed by atoms with Gasteiger partial charge in [0.25, 0.3) is 0 Å². The molecule has 0 aliphatic carbocycles. The van der Waals surface area contributed by atoms with Crippen molar-refractivity contribution in [3.05, 3.63) is 36.1 Å². The molecule has 0 aromatic heterocycles. The molecule has 0 amide bonds. The van der Waals surface area contributed by atoms with Gasteiger partial charge < -0.3 is 19.3 Å². The van der Waals surface area contributed by atoms with E-state index in [1.807, 2.05) is 13.8 Å². The van der Waals surface area contributed by atoms with Crippen LogP contribution in [0.5, 0.6) is 0 Å². The van der Waals surface area contributed by atoms with Crippen LogP contribution in [-0.2, 0) is 28.6 Å². The Hall–Kier alpha value is -2.41. The second-order valence-corrected chi connectivity index (χ2v) is 7.93. The number of hydrogen-bond donors (Lipinski definition) is 1. The Morgan fingerprint density at radius 2 is 2.04 bits per heavy atom. The highest BCUT2D eigenvalue weighted by molar-refractivity contribution is 6.00. The summed E-state index contributed by atoms with van der Waals surface area (Å²) in [4.78, 5) is 37.0. The van der Waals surface area contributed by atoms with E-state index in [1.54, 1.807) is 6.92 Å². The Morgan fingerprint density at radius 3 is 2.67 bits per heavy atom. The molecule has 3 heterocycles. The molecule has 146 valence electrons. The van der Waals surface area contributed by atoms with E-state index in [0.29, 0.717) is 0 Å². The van der Waals surface area contributed by atoms with E-state index >= 15 is 0 Å². The van der Waals surface area contributed by atoms with Crippen LogP contribution in [0.1, 0.15) is 33.6 Å². The first-order chi connectivity index (χ1) is 12.5. The summed E-state index contributed by atoms with van der Waals surface area (Å²) in [7, 11) is 0. The summed E-state index contributed by atoms with van der Waals surface area (Å²) in [5.41, 5.74) is -1.06. The first kappa shape index (κ1) is 19.4. The van der Waals surface area contributed by atoms with Gasteiger partial charge in [-0.05, 0) is 12.8 Å². The van der Waals surface area contributed by atoms with E-state index in [9.17, 15) is 19.5 Å². The Labute approximate surface area is 157 Å². The molecule has 7 nitrogen and oxygen atoms in total. The van der Waals surface area contributed by atoms with Crippen LogP contribution in [0.4, 0.5) is 0 Å². The van der Waals surface area contributed by atoms with Gasteiger partial charge in [0.15, 0.2) is 5.60 Å². The lowest BCUT2D eigenvalue weighted by Gasteiger charge is -2.32. The molecule has 0 spiro atoms. The fraction of sp³-hybridized carbons (Fsp3) is 0.550. The number of aliphatic hydroxyl groups is 1. The summed E-state index contributed by atoms with van der Waals surface area (Å²) in [6.07, 6.45) is -1.79. The smallest absolute Gasteiger partial charge is 0.334 e. The number of ketones is 1. The summed E-state index contributed by atoms with van der Waals surface area (Å²) in [6, 6.07) is 0. The Balaban J connectivity index is 2.02. The molecule has 3 aliphatic heterocycles. The Bertz CT molecular complexity index is 762. The average molecular weight is 376 g/mol. The molecular weight excluding hydrogens is 352 g/mol. The van der Waals surface area contributed by atoms with Crippen LogP contribution in [0.2, 0.25) is 0 Å². The summed E-state index contributed by atoms with van der Waals surface area (Å²) in [6.45, 7) is 12.9. The molecular formula is C20H24O7. The van der Waals surface area contributed by atoms with Gasteiger partial charge >= 0.3 is 11.9 Å². The van der Waals surface area contributed by atoms with Gasteiger partial charge in [-0.15, -0.1) is 0 Å². The molecule has 2 bridgehead atoms. The van der Waals surface area contributed by atoms with Crippen molar-refractivity contribution in [2.75, 3.05) is 0 Å². The maximum absolute atomic E-state index is 12.5. The number of fused-ring (bicyclic) bond motifs is 3. The SMILES string of the molecule is C=C1C2=CC(=O)C(C)(CC(OC(=O)CC(C)C)C3C(=C)C(=O)OC3C1O)O2. The lowest BCUT2D eigenvalue weighted by molar-refractivity contribution is -0.160. The number of carbonyl (C=O) groups excluding carboxylic acids is 3. The summed E-state index contributed by atoms with van der Waals surface area (Å²) < 4.78 is 16.7. The van der Waals surface area contributed by atoms with Crippen molar-refractivity contribution in [1.29, 1.82) is 0 Å². The number of rotatable bonds is 3. The number of esters is 2. The van der Waals surface area contributed by atoms with Crippen molar-refractivity contribution < 1.29 is 33.7 Å². The van der Waals surface area contributed by atoms with E-state index in [2.05, 4.69) is 13.2 Å². The quantitative estimate of drug-likeness (QED) is 0.590. The molecule has 3 aliphatic rings. The van der Waals surface area contributed by atoms with Crippen molar-refractivity contribution in [3.8, 4) is 0 Å². The van der Waals surface area contributed by atoms with Crippen molar-refractivity contribution >= 4 is 17.7 Å². The van der Waals surface area contributed by atoms with Crippen molar-refractivity contribution in [3.63, 3.8) is 0 Å². The van der Waals surface area contributed by atoms with Gasteiger partial charge in [0.05, 0.1) is 5.92 Å². The lowest BCUT2D eigenvalue weighted by atomic mass is 9.80. The van der Waals surface area contributed by atoms with Gasteiger partial charge in [-0.25, -0.2) is 4.79 Å². The first-order valence-electron chi connectivity index (χ1n) is 8.95. The summed E-state index contributed by atoms with van der Waals surface area (Å²) in [5.74, 6) is -2.01. The van der Waals surface area contributed by atoms with Crippen LogP contribution in [0.3, 0.4) is 0 Å². The fourth-order valence-corrected chi connectivity index (χ4v) is 3.72. The van der Waals surface area contributed by atoms with Crippen LogP contribution >= 0.6 is 0 Å². The highest BCUT2D eigenvalue weighted by Crippen LogP contribution is 2.44. The number of carbonyl (C=O) groups is 3. The zero-order valence-electron chi connectivity index (χ0n) is 15.7. The number of ether oxygens (including phenoxy) is 3. The highest BCUT2D eigenvalue weighted by Gasteiger charge is 2.55. The molecule has 0 aromatic carbocycles. The van der Waals surface area contributed by atoms with Crippen molar-refractivity contribution in [2.24, 2.45) is 11.8 Å². The molecule has 3 rings (SSSR count). The maximum atomic E-state index is 12.5. The maximum Gasteiger partial charge on any atom is 0.334 e. The highest BCUT2D eigenvalue weighted by atomic mass is 16.6. The third kappa shape index (κ3) is 3.32. The largest absolute Gasteiger partial charge is 0.479 e. The van der Waals surface area contributed by atoms with Gasteiger partial charge in [0.2, 0.25) is 5.78 Å². The normalized spacial score (nSPS) is 35.7. The van der Waals surface area contributed by atoms with E-state index in [0.717, 1.165) is 0 Å². The minimum absolute atomic E-state index is 0.00644. The first-order valence-corrected chi connectivity index (χ1v) is 8.95. The average Bonchev–Trinajstić information content (AvgIpc) is 3.02. The number of aliphatic hydroxyl groups excluding tert-OH is 1. The Kier molecular flexibility index (Phi) is 4.76. The minimum Gasteiger partial charge on any atom is -0.479 e. The third-order valence-electron chi connectivity index (χ3n) is 5.21. The molecule has 2 fully saturated rings. The molecule has 0 aromatic rings.